The third kappa shape index (κ3) is 2.86. The van der Waals surface area contributed by atoms with E-state index in [1.54, 1.807) is 0 Å². The molecule has 1 saturated carbocycles. The molecule has 1 aromatic carbocycles. The van der Waals surface area contributed by atoms with Crippen molar-refractivity contribution >= 4 is 5.91 Å². The first-order valence-corrected chi connectivity index (χ1v) is 6.24. The van der Waals surface area contributed by atoms with Crippen LogP contribution in [0, 0.1) is 0 Å². The second-order valence-electron chi connectivity index (χ2n) is 4.70. The predicted octanol–water partition coefficient (Wildman–Crippen LogP) is 1.82. The average Bonchev–Trinajstić information content (AvgIpc) is 2.29. The monoisotopic (exact) mass is 233 g/mol. The number of rotatable bonds is 4. The first-order chi connectivity index (χ1) is 8.20. The normalized spacial score (nSPS) is 24.8. The minimum absolute atomic E-state index is 0.0751. The summed E-state index contributed by atoms with van der Waals surface area (Å²) in [6.07, 6.45) is 1.95. The van der Waals surface area contributed by atoms with Crippen LogP contribution in [0.25, 0.3) is 0 Å². The number of nitrogens with one attached hydrogen (secondary N) is 1. The lowest BCUT2D eigenvalue weighted by Crippen LogP contribution is -2.48. The van der Waals surface area contributed by atoms with Crippen molar-refractivity contribution in [2.45, 2.75) is 44.2 Å². The number of hydrogen-bond acceptors (Lipinski definition) is 2. The molecule has 0 heterocycles. The van der Waals surface area contributed by atoms with E-state index in [0.29, 0.717) is 12.8 Å². The second kappa shape index (κ2) is 5.32. The van der Waals surface area contributed by atoms with Crippen LogP contribution in [0.3, 0.4) is 0 Å². The third-order valence-corrected chi connectivity index (χ3v) is 3.39. The van der Waals surface area contributed by atoms with E-state index in [-0.39, 0.29) is 24.0 Å². The van der Waals surface area contributed by atoms with Gasteiger partial charge >= 0.3 is 0 Å². The van der Waals surface area contributed by atoms with Gasteiger partial charge < -0.3 is 10.4 Å². The Morgan fingerprint density at radius 2 is 2.06 bits per heavy atom. The number of benzene rings is 1. The first-order valence-electron chi connectivity index (χ1n) is 6.24. The molecule has 0 aliphatic heterocycles. The highest BCUT2D eigenvalue weighted by Crippen LogP contribution is 2.23. The maximum Gasteiger partial charge on any atom is 0.227 e. The number of carbonyl (C=O) groups is 1. The Hall–Kier alpha value is -1.35. The number of hydrogen-bond donors (Lipinski definition) is 2. The van der Waals surface area contributed by atoms with E-state index in [4.69, 9.17) is 0 Å². The maximum absolute atomic E-state index is 12.1. The standard InChI is InChI=1S/C14H19NO2/c1-2-13(10-6-4-3-5-7-10)14(17)15-11-8-12(16)9-11/h3-7,11-13,16H,2,8-9H2,1H3,(H,15,17). The SMILES string of the molecule is CCC(C(=O)NC1CC(O)C1)c1ccccc1. The summed E-state index contributed by atoms with van der Waals surface area (Å²) in [7, 11) is 0. The second-order valence-corrected chi connectivity index (χ2v) is 4.70. The van der Waals surface area contributed by atoms with Crippen LogP contribution in [-0.2, 0) is 4.79 Å². The van der Waals surface area contributed by atoms with E-state index in [2.05, 4.69) is 5.32 Å². The Morgan fingerprint density at radius 3 is 2.59 bits per heavy atom. The summed E-state index contributed by atoms with van der Waals surface area (Å²) in [4.78, 5) is 12.1. The predicted molar refractivity (Wildman–Crippen MR) is 66.6 cm³/mol. The van der Waals surface area contributed by atoms with Crippen LogP contribution in [0.2, 0.25) is 0 Å². The van der Waals surface area contributed by atoms with Gasteiger partial charge in [-0.3, -0.25) is 4.79 Å². The summed E-state index contributed by atoms with van der Waals surface area (Å²) >= 11 is 0. The Labute approximate surface area is 102 Å². The van der Waals surface area contributed by atoms with Gasteiger partial charge in [0, 0.05) is 6.04 Å². The van der Waals surface area contributed by atoms with E-state index in [9.17, 15) is 9.90 Å². The molecule has 0 bridgehead atoms. The molecule has 0 aromatic heterocycles. The number of aliphatic hydroxyl groups is 1. The van der Waals surface area contributed by atoms with Gasteiger partial charge in [0.25, 0.3) is 0 Å². The molecular formula is C14H19NO2. The van der Waals surface area contributed by atoms with Crippen LogP contribution in [-0.4, -0.2) is 23.2 Å². The highest BCUT2D eigenvalue weighted by atomic mass is 16.3. The smallest absolute Gasteiger partial charge is 0.227 e. The van der Waals surface area contributed by atoms with Gasteiger partial charge in [-0.15, -0.1) is 0 Å². The van der Waals surface area contributed by atoms with Crippen molar-refractivity contribution in [1.82, 2.24) is 5.32 Å². The van der Waals surface area contributed by atoms with E-state index >= 15 is 0 Å². The zero-order chi connectivity index (χ0) is 12.3. The van der Waals surface area contributed by atoms with Gasteiger partial charge in [0.1, 0.15) is 0 Å². The molecule has 1 aliphatic rings. The van der Waals surface area contributed by atoms with Gasteiger partial charge in [-0.2, -0.15) is 0 Å². The summed E-state index contributed by atoms with van der Waals surface area (Å²) in [5.74, 6) is 0.00421. The van der Waals surface area contributed by atoms with Crippen LogP contribution in [0.1, 0.15) is 37.7 Å². The van der Waals surface area contributed by atoms with Gasteiger partial charge in [0.15, 0.2) is 0 Å². The lowest BCUT2D eigenvalue weighted by molar-refractivity contribution is -0.124. The van der Waals surface area contributed by atoms with Crippen molar-refractivity contribution in [2.24, 2.45) is 0 Å². The summed E-state index contributed by atoms with van der Waals surface area (Å²) in [5, 5.41) is 12.2. The van der Waals surface area contributed by atoms with E-state index in [1.807, 2.05) is 37.3 Å². The molecule has 17 heavy (non-hydrogen) atoms. The summed E-state index contributed by atoms with van der Waals surface area (Å²) in [5.41, 5.74) is 1.06. The van der Waals surface area contributed by atoms with E-state index in [0.717, 1.165) is 12.0 Å². The van der Waals surface area contributed by atoms with E-state index in [1.165, 1.54) is 0 Å². The van der Waals surface area contributed by atoms with Crippen LogP contribution in [0.4, 0.5) is 0 Å². The van der Waals surface area contributed by atoms with Gasteiger partial charge in [-0.25, -0.2) is 0 Å². The highest BCUT2D eigenvalue weighted by molar-refractivity contribution is 5.83. The van der Waals surface area contributed by atoms with Crippen LogP contribution >= 0.6 is 0 Å². The van der Waals surface area contributed by atoms with Crippen molar-refractivity contribution in [3.63, 3.8) is 0 Å². The molecule has 1 unspecified atom stereocenters. The van der Waals surface area contributed by atoms with Crippen molar-refractivity contribution in [3.05, 3.63) is 35.9 Å². The largest absolute Gasteiger partial charge is 0.393 e. The average molecular weight is 233 g/mol. The third-order valence-electron chi connectivity index (χ3n) is 3.39. The Bertz CT molecular complexity index is 371. The molecule has 1 amide bonds. The first kappa shape index (κ1) is 12.1. The molecular weight excluding hydrogens is 214 g/mol. The molecule has 3 nitrogen and oxygen atoms in total. The van der Waals surface area contributed by atoms with Crippen LogP contribution < -0.4 is 5.32 Å². The molecule has 3 heteroatoms. The molecule has 92 valence electrons. The van der Waals surface area contributed by atoms with E-state index < -0.39 is 0 Å². The minimum Gasteiger partial charge on any atom is -0.393 e. The molecule has 1 aromatic rings. The fourth-order valence-corrected chi connectivity index (χ4v) is 2.27. The molecule has 1 aliphatic carbocycles. The van der Waals surface area contributed by atoms with Gasteiger partial charge in [0.05, 0.1) is 12.0 Å². The zero-order valence-electron chi connectivity index (χ0n) is 10.1. The lowest BCUT2D eigenvalue weighted by Gasteiger charge is -2.33. The van der Waals surface area contributed by atoms with Crippen molar-refractivity contribution in [3.8, 4) is 0 Å². The summed E-state index contributed by atoms with van der Waals surface area (Å²) < 4.78 is 0. The number of aliphatic hydroxyl groups excluding tert-OH is 1. The Morgan fingerprint density at radius 1 is 1.41 bits per heavy atom. The van der Waals surface area contributed by atoms with Gasteiger partial charge in [-0.1, -0.05) is 37.3 Å². The molecule has 0 saturated heterocycles. The number of amides is 1. The van der Waals surface area contributed by atoms with Gasteiger partial charge in [-0.05, 0) is 24.8 Å². The Kier molecular flexibility index (Phi) is 3.79. The topological polar surface area (TPSA) is 49.3 Å². The highest BCUT2D eigenvalue weighted by Gasteiger charge is 2.30. The fourth-order valence-electron chi connectivity index (χ4n) is 2.27. The van der Waals surface area contributed by atoms with Crippen LogP contribution in [0.5, 0.6) is 0 Å². The summed E-state index contributed by atoms with van der Waals surface area (Å²) in [6, 6.07) is 10.0. The van der Waals surface area contributed by atoms with Crippen molar-refractivity contribution < 1.29 is 9.90 Å². The fraction of sp³-hybridized carbons (Fsp3) is 0.500. The zero-order valence-corrected chi connectivity index (χ0v) is 10.1. The summed E-state index contributed by atoms with van der Waals surface area (Å²) in [6.45, 7) is 2.02. The van der Waals surface area contributed by atoms with Crippen molar-refractivity contribution in [1.29, 1.82) is 0 Å². The quantitative estimate of drug-likeness (QED) is 0.833. The minimum atomic E-state index is -0.225. The lowest BCUT2D eigenvalue weighted by atomic mass is 9.88. The molecule has 0 spiro atoms. The Balaban J connectivity index is 1.96. The molecule has 0 radical (unpaired) electrons. The molecule has 1 atom stereocenters. The molecule has 2 rings (SSSR count). The van der Waals surface area contributed by atoms with Crippen LogP contribution in [0.15, 0.2) is 30.3 Å². The van der Waals surface area contributed by atoms with Crippen molar-refractivity contribution in [2.75, 3.05) is 0 Å². The maximum atomic E-state index is 12.1. The number of carbonyl (C=O) groups excluding carboxylic acids is 1. The molecule has 2 N–H and O–H groups in total. The van der Waals surface area contributed by atoms with Gasteiger partial charge in [0.2, 0.25) is 5.91 Å². The molecule has 1 fully saturated rings.